The third kappa shape index (κ3) is 2.21. The van der Waals surface area contributed by atoms with Crippen molar-refractivity contribution in [2.24, 2.45) is 0 Å². The van der Waals surface area contributed by atoms with Crippen molar-refractivity contribution in [3.05, 3.63) is 33.8 Å². The first-order valence-corrected chi connectivity index (χ1v) is 6.84. The number of rotatable bonds is 4. The number of carbonyl (C=O) groups excluding carboxylic acids is 1. The standard InChI is InChI=1S/C14H15NO3S/c1-7(2)10-11(14(17)18)9(6-16)15-12(10)13-8(3)4-5-19-13/h4-7,15H,1-3H3,(H,17,18). The third-order valence-corrected chi connectivity index (χ3v) is 4.10. The Bertz CT molecular complexity index is 637. The predicted molar refractivity (Wildman–Crippen MR) is 75.3 cm³/mol. The molecular weight excluding hydrogens is 262 g/mol. The summed E-state index contributed by atoms with van der Waals surface area (Å²) >= 11 is 1.54. The van der Waals surface area contributed by atoms with Crippen LogP contribution in [0.5, 0.6) is 0 Å². The number of nitrogens with one attached hydrogen (secondary N) is 1. The summed E-state index contributed by atoms with van der Waals surface area (Å²) < 4.78 is 0. The van der Waals surface area contributed by atoms with Crippen LogP contribution in [0.3, 0.4) is 0 Å². The van der Waals surface area contributed by atoms with Crippen LogP contribution >= 0.6 is 11.3 Å². The van der Waals surface area contributed by atoms with Gasteiger partial charge in [-0.25, -0.2) is 4.79 Å². The smallest absolute Gasteiger partial charge is 0.338 e. The van der Waals surface area contributed by atoms with E-state index in [1.165, 1.54) is 11.3 Å². The lowest BCUT2D eigenvalue weighted by molar-refractivity contribution is 0.0692. The number of H-pyrrole nitrogens is 1. The van der Waals surface area contributed by atoms with Crippen LogP contribution in [0.1, 0.15) is 51.7 Å². The Kier molecular flexibility index (Phi) is 3.57. The Balaban J connectivity index is 2.78. The average molecular weight is 277 g/mol. The van der Waals surface area contributed by atoms with Gasteiger partial charge in [0, 0.05) is 0 Å². The van der Waals surface area contributed by atoms with Crippen molar-refractivity contribution in [1.29, 1.82) is 0 Å². The van der Waals surface area contributed by atoms with Gasteiger partial charge >= 0.3 is 5.97 Å². The summed E-state index contributed by atoms with van der Waals surface area (Å²) in [5.41, 5.74) is 2.75. The van der Waals surface area contributed by atoms with Gasteiger partial charge in [-0.1, -0.05) is 13.8 Å². The molecular formula is C14H15NO3S. The van der Waals surface area contributed by atoms with E-state index < -0.39 is 5.97 Å². The molecule has 2 aromatic heterocycles. The van der Waals surface area contributed by atoms with E-state index >= 15 is 0 Å². The number of thiophene rings is 1. The summed E-state index contributed by atoms with van der Waals surface area (Å²) in [5.74, 6) is -1.05. The second-order valence-electron chi connectivity index (χ2n) is 4.71. The Morgan fingerprint density at radius 2 is 2.16 bits per heavy atom. The monoisotopic (exact) mass is 277 g/mol. The first kappa shape index (κ1) is 13.5. The highest BCUT2D eigenvalue weighted by Crippen LogP contribution is 2.37. The fourth-order valence-electron chi connectivity index (χ4n) is 2.24. The molecule has 0 unspecified atom stereocenters. The summed E-state index contributed by atoms with van der Waals surface area (Å²) in [6.45, 7) is 5.82. The average Bonchev–Trinajstić information content (AvgIpc) is 2.91. The molecule has 2 aromatic rings. The van der Waals surface area contributed by atoms with Crippen LogP contribution in [0.25, 0.3) is 10.6 Å². The summed E-state index contributed by atoms with van der Waals surface area (Å²) in [7, 11) is 0. The molecule has 0 atom stereocenters. The van der Waals surface area contributed by atoms with Gasteiger partial charge < -0.3 is 10.1 Å². The van der Waals surface area contributed by atoms with E-state index in [2.05, 4.69) is 4.98 Å². The van der Waals surface area contributed by atoms with E-state index in [0.29, 0.717) is 11.8 Å². The molecule has 2 rings (SSSR count). The summed E-state index contributed by atoms with van der Waals surface area (Å²) in [6.07, 6.45) is 0.571. The molecule has 0 amide bonds. The molecule has 5 heteroatoms. The normalized spacial score (nSPS) is 10.9. The highest BCUT2D eigenvalue weighted by Gasteiger charge is 2.26. The fourth-order valence-corrected chi connectivity index (χ4v) is 3.18. The number of aldehydes is 1. The predicted octanol–water partition coefficient (Wildman–Crippen LogP) is 3.69. The Hall–Kier alpha value is -1.88. The van der Waals surface area contributed by atoms with E-state index in [-0.39, 0.29) is 17.2 Å². The topological polar surface area (TPSA) is 70.2 Å². The number of carboxylic acid groups (broad SMARTS) is 1. The van der Waals surface area contributed by atoms with Gasteiger partial charge in [0.15, 0.2) is 6.29 Å². The second kappa shape index (κ2) is 5.01. The van der Waals surface area contributed by atoms with Crippen molar-refractivity contribution in [1.82, 2.24) is 4.98 Å². The van der Waals surface area contributed by atoms with E-state index in [4.69, 9.17) is 0 Å². The van der Waals surface area contributed by atoms with Crippen LogP contribution in [0.4, 0.5) is 0 Å². The van der Waals surface area contributed by atoms with Crippen molar-refractivity contribution in [3.63, 3.8) is 0 Å². The Labute approximate surface area is 115 Å². The van der Waals surface area contributed by atoms with E-state index in [1.54, 1.807) is 0 Å². The molecule has 0 spiro atoms. The zero-order valence-electron chi connectivity index (χ0n) is 11.0. The molecule has 0 saturated heterocycles. The van der Waals surface area contributed by atoms with Crippen LogP contribution in [0.15, 0.2) is 11.4 Å². The van der Waals surface area contributed by atoms with Crippen molar-refractivity contribution in [2.75, 3.05) is 0 Å². The van der Waals surface area contributed by atoms with Gasteiger partial charge in [-0.05, 0) is 35.4 Å². The molecule has 0 bridgehead atoms. The SMILES string of the molecule is Cc1ccsc1-c1[nH]c(C=O)c(C(=O)O)c1C(C)C. The van der Waals surface area contributed by atoms with Gasteiger partial charge in [0.2, 0.25) is 0 Å². The van der Waals surface area contributed by atoms with Crippen molar-refractivity contribution in [2.45, 2.75) is 26.7 Å². The number of carboxylic acids is 1. The molecule has 19 heavy (non-hydrogen) atoms. The number of aryl methyl sites for hydroxylation is 1. The fraction of sp³-hybridized carbons (Fsp3) is 0.286. The molecule has 0 saturated carbocycles. The molecule has 0 fully saturated rings. The number of aromatic amines is 1. The second-order valence-corrected chi connectivity index (χ2v) is 5.63. The van der Waals surface area contributed by atoms with Crippen molar-refractivity contribution in [3.8, 4) is 10.6 Å². The van der Waals surface area contributed by atoms with Crippen molar-refractivity contribution >= 4 is 23.6 Å². The van der Waals surface area contributed by atoms with Gasteiger partial charge in [0.25, 0.3) is 0 Å². The van der Waals surface area contributed by atoms with Gasteiger partial charge in [0.05, 0.1) is 21.8 Å². The minimum absolute atomic E-state index is 0.0209. The van der Waals surface area contributed by atoms with E-state index in [0.717, 1.165) is 16.1 Å². The molecule has 0 aliphatic rings. The number of hydrogen-bond donors (Lipinski definition) is 2. The maximum Gasteiger partial charge on any atom is 0.338 e. The molecule has 0 aromatic carbocycles. The summed E-state index contributed by atoms with van der Waals surface area (Å²) in [5, 5.41) is 11.3. The number of aromatic nitrogens is 1. The minimum atomic E-state index is -1.07. The molecule has 0 radical (unpaired) electrons. The van der Waals surface area contributed by atoms with E-state index in [9.17, 15) is 14.7 Å². The third-order valence-electron chi connectivity index (χ3n) is 3.07. The number of carbonyl (C=O) groups is 2. The zero-order valence-corrected chi connectivity index (χ0v) is 11.8. The van der Waals surface area contributed by atoms with Crippen LogP contribution < -0.4 is 0 Å². The van der Waals surface area contributed by atoms with Crippen molar-refractivity contribution < 1.29 is 14.7 Å². The van der Waals surface area contributed by atoms with Crippen LogP contribution in [-0.4, -0.2) is 22.3 Å². The molecule has 0 aliphatic carbocycles. The van der Waals surface area contributed by atoms with Crippen LogP contribution in [0.2, 0.25) is 0 Å². The molecule has 100 valence electrons. The quantitative estimate of drug-likeness (QED) is 0.837. The lowest BCUT2D eigenvalue weighted by Crippen LogP contribution is -2.04. The zero-order chi connectivity index (χ0) is 14.2. The van der Waals surface area contributed by atoms with Gasteiger partial charge in [-0.2, -0.15) is 0 Å². The molecule has 2 N–H and O–H groups in total. The number of hydrogen-bond acceptors (Lipinski definition) is 3. The first-order chi connectivity index (χ1) is 8.97. The largest absolute Gasteiger partial charge is 0.478 e. The number of aromatic carboxylic acids is 1. The molecule has 2 heterocycles. The minimum Gasteiger partial charge on any atom is -0.478 e. The lowest BCUT2D eigenvalue weighted by atomic mass is 9.96. The highest BCUT2D eigenvalue weighted by molar-refractivity contribution is 7.13. The van der Waals surface area contributed by atoms with Gasteiger partial charge in [0.1, 0.15) is 0 Å². The van der Waals surface area contributed by atoms with Crippen LogP contribution in [0, 0.1) is 6.92 Å². The first-order valence-electron chi connectivity index (χ1n) is 5.96. The lowest BCUT2D eigenvalue weighted by Gasteiger charge is -2.08. The molecule has 0 aliphatic heterocycles. The van der Waals surface area contributed by atoms with Crippen LogP contribution in [-0.2, 0) is 0 Å². The highest BCUT2D eigenvalue weighted by atomic mass is 32.1. The maximum absolute atomic E-state index is 11.4. The Morgan fingerprint density at radius 3 is 2.58 bits per heavy atom. The van der Waals surface area contributed by atoms with Gasteiger partial charge in [-0.15, -0.1) is 11.3 Å². The maximum atomic E-state index is 11.4. The van der Waals surface area contributed by atoms with E-state index in [1.807, 2.05) is 32.2 Å². The van der Waals surface area contributed by atoms with Gasteiger partial charge in [-0.3, -0.25) is 4.79 Å². The Morgan fingerprint density at radius 1 is 1.47 bits per heavy atom. The molecule has 4 nitrogen and oxygen atoms in total. The summed E-state index contributed by atoms with van der Waals surface area (Å²) in [6, 6.07) is 1.98. The summed E-state index contributed by atoms with van der Waals surface area (Å²) in [4.78, 5) is 26.4.